The second kappa shape index (κ2) is 12.2. The van der Waals surface area contributed by atoms with E-state index in [1.165, 1.54) is 22.7 Å². The Labute approximate surface area is 233 Å². The number of amides is 2. The Hall–Kier alpha value is -4.03. The van der Waals surface area contributed by atoms with Crippen molar-refractivity contribution in [1.82, 2.24) is 4.57 Å². The Morgan fingerprint density at radius 2 is 1.46 bits per heavy atom. The molecule has 0 saturated carbocycles. The van der Waals surface area contributed by atoms with Crippen LogP contribution in [0.1, 0.15) is 43.9 Å². The van der Waals surface area contributed by atoms with Crippen molar-refractivity contribution >= 4 is 56.8 Å². The van der Waals surface area contributed by atoms with Gasteiger partial charge in [-0.2, -0.15) is 0 Å². The van der Waals surface area contributed by atoms with Gasteiger partial charge in [0.2, 0.25) is 11.8 Å². The average molecular weight is 536 g/mol. The van der Waals surface area contributed by atoms with Crippen molar-refractivity contribution in [3.05, 3.63) is 103 Å². The number of hydrogen-bond acceptors (Lipinski definition) is 3. The minimum absolute atomic E-state index is 0.0258. The van der Waals surface area contributed by atoms with Crippen molar-refractivity contribution < 1.29 is 9.59 Å². The monoisotopic (exact) mass is 535 g/mol. The van der Waals surface area contributed by atoms with Gasteiger partial charge in [-0.15, -0.1) is 11.8 Å². The highest BCUT2D eigenvalue weighted by molar-refractivity contribution is 8.00. The second-order valence-corrected chi connectivity index (χ2v) is 10.7. The van der Waals surface area contributed by atoms with Crippen molar-refractivity contribution in [3.63, 3.8) is 0 Å². The minimum atomic E-state index is -0.441. The Morgan fingerprint density at radius 3 is 2.21 bits per heavy atom. The maximum absolute atomic E-state index is 13.7. The molecular formula is C33H33N3O2S. The van der Waals surface area contributed by atoms with Gasteiger partial charge >= 0.3 is 0 Å². The fourth-order valence-electron chi connectivity index (χ4n) is 4.89. The maximum atomic E-state index is 13.7. The number of nitrogens with zero attached hydrogens (tertiary/aromatic N) is 1. The van der Waals surface area contributed by atoms with Gasteiger partial charge in [0.15, 0.2) is 0 Å². The molecule has 6 heteroatoms. The zero-order valence-corrected chi connectivity index (χ0v) is 23.1. The molecule has 1 unspecified atom stereocenters. The molecule has 1 aromatic heterocycles. The smallest absolute Gasteiger partial charge is 0.242 e. The number of carbonyl (C=O) groups excluding carboxylic acids is 2. The summed E-state index contributed by atoms with van der Waals surface area (Å²) >= 11 is 1.50. The van der Waals surface area contributed by atoms with Gasteiger partial charge in [0.05, 0.1) is 0 Å². The van der Waals surface area contributed by atoms with Crippen LogP contribution in [-0.4, -0.2) is 16.4 Å². The molecular weight excluding hydrogens is 502 g/mol. The third-order valence-electron chi connectivity index (χ3n) is 6.85. The second-order valence-electron chi connectivity index (χ2n) is 9.57. The molecule has 1 atom stereocenters. The Balaban J connectivity index is 1.38. The van der Waals surface area contributed by atoms with E-state index in [0.717, 1.165) is 52.1 Å². The first kappa shape index (κ1) is 26.6. The summed E-state index contributed by atoms with van der Waals surface area (Å²) in [6, 6.07) is 32.1. The number of thioether (sulfide) groups is 1. The predicted octanol–water partition coefficient (Wildman–Crippen LogP) is 8.42. The number of para-hydroxylation sites is 1. The number of nitrogens with one attached hydrogen (secondary N) is 2. The molecule has 0 radical (unpaired) electrons. The first-order chi connectivity index (χ1) is 19.1. The summed E-state index contributed by atoms with van der Waals surface area (Å²) < 4.78 is 2.30. The van der Waals surface area contributed by atoms with E-state index in [2.05, 4.69) is 65.4 Å². The van der Waals surface area contributed by atoms with E-state index in [1.54, 1.807) is 0 Å². The summed E-state index contributed by atoms with van der Waals surface area (Å²) in [5, 5.41) is 8.00. The zero-order chi connectivity index (χ0) is 27.2. The molecule has 4 aromatic carbocycles. The highest BCUT2D eigenvalue weighted by Crippen LogP contribution is 2.37. The molecule has 2 N–H and O–H groups in total. The van der Waals surface area contributed by atoms with Gasteiger partial charge < -0.3 is 15.2 Å². The molecule has 39 heavy (non-hydrogen) atoms. The van der Waals surface area contributed by atoms with Crippen LogP contribution in [0, 0.1) is 0 Å². The van der Waals surface area contributed by atoms with E-state index >= 15 is 0 Å². The van der Waals surface area contributed by atoms with Crippen molar-refractivity contribution in [2.75, 3.05) is 10.6 Å². The summed E-state index contributed by atoms with van der Waals surface area (Å²) in [7, 11) is 0. The van der Waals surface area contributed by atoms with E-state index in [1.807, 2.05) is 60.7 Å². The number of carbonyl (C=O) groups is 2. The SMILES string of the molecule is CCCCC(=O)Nc1ccc(SC(C(=O)Nc2ccc3c(c2)c2ccccc2n3CC)c2ccccc2)cc1. The van der Waals surface area contributed by atoms with Gasteiger partial charge in [0.25, 0.3) is 0 Å². The largest absolute Gasteiger partial charge is 0.341 e. The summed E-state index contributed by atoms with van der Waals surface area (Å²) in [6.45, 7) is 5.10. The van der Waals surface area contributed by atoms with Gasteiger partial charge in [-0.05, 0) is 67.4 Å². The molecule has 198 valence electrons. The van der Waals surface area contributed by atoms with E-state index in [4.69, 9.17) is 0 Å². The number of fused-ring (bicyclic) bond motifs is 3. The van der Waals surface area contributed by atoms with Crippen molar-refractivity contribution in [2.45, 2.75) is 49.8 Å². The number of aryl methyl sites for hydroxylation is 1. The van der Waals surface area contributed by atoms with Gasteiger partial charge in [-0.3, -0.25) is 9.59 Å². The van der Waals surface area contributed by atoms with E-state index in [0.29, 0.717) is 6.42 Å². The fourth-order valence-corrected chi connectivity index (χ4v) is 5.92. The Kier molecular flexibility index (Phi) is 8.33. The summed E-state index contributed by atoms with van der Waals surface area (Å²) in [5.74, 6) is -0.0560. The van der Waals surface area contributed by atoms with Crippen LogP contribution >= 0.6 is 11.8 Å². The average Bonchev–Trinajstić information content (AvgIpc) is 3.29. The topological polar surface area (TPSA) is 63.1 Å². The van der Waals surface area contributed by atoms with Crippen LogP contribution in [0.4, 0.5) is 11.4 Å². The van der Waals surface area contributed by atoms with Crippen molar-refractivity contribution in [1.29, 1.82) is 0 Å². The molecule has 0 fully saturated rings. The Morgan fingerprint density at radius 1 is 0.769 bits per heavy atom. The first-order valence-corrected chi connectivity index (χ1v) is 14.4. The lowest BCUT2D eigenvalue weighted by Crippen LogP contribution is -2.19. The summed E-state index contributed by atoms with van der Waals surface area (Å²) in [4.78, 5) is 26.7. The van der Waals surface area contributed by atoms with Crippen molar-refractivity contribution in [3.8, 4) is 0 Å². The van der Waals surface area contributed by atoms with Gasteiger partial charge in [0.1, 0.15) is 5.25 Å². The van der Waals surface area contributed by atoms with Crippen molar-refractivity contribution in [2.24, 2.45) is 0 Å². The number of unbranched alkanes of at least 4 members (excludes halogenated alkanes) is 1. The number of anilines is 2. The van der Waals surface area contributed by atoms with Gasteiger partial charge in [-0.1, -0.05) is 61.9 Å². The summed E-state index contributed by atoms with van der Waals surface area (Å²) in [6.07, 6.45) is 2.39. The number of hydrogen-bond donors (Lipinski definition) is 2. The van der Waals surface area contributed by atoms with Crippen LogP contribution in [-0.2, 0) is 16.1 Å². The first-order valence-electron chi connectivity index (χ1n) is 13.5. The fraction of sp³-hybridized carbons (Fsp3) is 0.212. The van der Waals surface area contributed by atoms with E-state index in [-0.39, 0.29) is 11.8 Å². The maximum Gasteiger partial charge on any atom is 0.242 e. The molecule has 5 rings (SSSR count). The van der Waals surface area contributed by atoms with Gasteiger partial charge in [-0.25, -0.2) is 0 Å². The molecule has 0 spiro atoms. The molecule has 0 saturated heterocycles. The Bertz CT molecular complexity index is 1590. The standard InChI is InChI=1S/C33H33N3O2S/c1-3-5-15-31(37)34-24-16-19-26(20-17-24)39-32(23-11-7-6-8-12-23)33(38)35-25-18-21-30-28(22-25)27-13-9-10-14-29(27)36(30)4-2/h6-14,16-22,32H,3-5,15H2,1-2H3,(H,34,37)(H,35,38). The third-order valence-corrected chi connectivity index (χ3v) is 8.11. The molecule has 0 aliphatic rings. The minimum Gasteiger partial charge on any atom is -0.341 e. The van der Waals surface area contributed by atoms with Crippen LogP contribution in [0.3, 0.4) is 0 Å². The highest BCUT2D eigenvalue weighted by Gasteiger charge is 2.23. The zero-order valence-electron chi connectivity index (χ0n) is 22.3. The molecule has 0 bridgehead atoms. The molecule has 0 aliphatic carbocycles. The number of rotatable bonds is 10. The normalized spacial score (nSPS) is 11.9. The molecule has 5 aromatic rings. The van der Waals surface area contributed by atoms with Crippen LogP contribution < -0.4 is 10.6 Å². The molecule has 5 nitrogen and oxygen atoms in total. The van der Waals surface area contributed by atoms with Crippen LogP contribution in [0.25, 0.3) is 21.8 Å². The van der Waals surface area contributed by atoms with E-state index < -0.39 is 5.25 Å². The lowest BCUT2D eigenvalue weighted by molar-refractivity contribution is -0.116. The molecule has 2 amide bonds. The number of benzene rings is 4. The van der Waals surface area contributed by atoms with Crippen LogP contribution in [0.2, 0.25) is 0 Å². The lowest BCUT2D eigenvalue weighted by atomic mass is 10.1. The quantitative estimate of drug-likeness (QED) is 0.176. The summed E-state index contributed by atoms with van der Waals surface area (Å²) in [5.41, 5.74) is 4.83. The highest BCUT2D eigenvalue weighted by atomic mass is 32.2. The molecule has 0 aliphatic heterocycles. The van der Waals surface area contributed by atoms with E-state index in [9.17, 15) is 9.59 Å². The molecule has 1 heterocycles. The lowest BCUT2D eigenvalue weighted by Gasteiger charge is -2.18. The third kappa shape index (κ3) is 6.02. The van der Waals surface area contributed by atoms with Gasteiger partial charge in [0, 0.05) is 51.0 Å². The van der Waals surface area contributed by atoms with Crippen LogP contribution in [0.5, 0.6) is 0 Å². The number of aromatic nitrogens is 1. The predicted molar refractivity (Wildman–Crippen MR) is 163 cm³/mol. The van der Waals surface area contributed by atoms with Crippen LogP contribution in [0.15, 0.2) is 102 Å².